The summed E-state index contributed by atoms with van der Waals surface area (Å²) in [5.74, 6) is -1.14. The Hall–Kier alpha value is -1.89. The Morgan fingerprint density at radius 1 is 1.33 bits per heavy atom. The third kappa shape index (κ3) is 5.18. The lowest BCUT2D eigenvalue weighted by Crippen LogP contribution is -2.37. The van der Waals surface area contributed by atoms with Gasteiger partial charge in [0.15, 0.2) is 0 Å². The fraction of sp³-hybridized carbons (Fsp3) is 0.214. The number of aromatic carboxylic acids is 1. The van der Waals surface area contributed by atoms with Gasteiger partial charge < -0.3 is 10.4 Å². The average Bonchev–Trinajstić information content (AvgIpc) is 2.41. The lowest BCUT2D eigenvalue weighted by Gasteiger charge is -2.23. The van der Waals surface area contributed by atoms with E-state index in [0.717, 1.165) is 0 Å². The molecule has 0 radical (unpaired) electrons. The number of hydrogen-bond donors (Lipinski definition) is 3. The molecule has 0 saturated carbocycles. The molecule has 0 aromatic heterocycles. The largest absolute Gasteiger partial charge is 0.478 e. The molecule has 1 atom stereocenters. The Morgan fingerprint density at radius 3 is 2.33 bits per heavy atom. The van der Waals surface area contributed by atoms with E-state index >= 15 is 0 Å². The Kier molecular flexibility index (Phi) is 5.90. The molecule has 0 aliphatic carbocycles. The van der Waals surface area contributed by atoms with Crippen LogP contribution in [0.15, 0.2) is 47.4 Å². The Labute approximate surface area is 125 Å². The fourth-order valence-electron chi connectivity index (χ4n) is 1.62. The molecule has 0 fully saturated rings. The van der Waals surface area contributed by atoms with Crippen LogP contribution in [0.25, 0.3) is 0 Å². The number of anilines is 1. The summed E-state index contributed by atoms with van der Waals surface area (Å²) in [6.45, 7) is 1.35. The van der Waals surface area contributed by atoms with Gasteiger partial charge in [-0.3, -0.25) is 0 Å². The van der Waals surface area contributed by atoms with Gasteiger partial charge in [0.2, 0.25) is 0 Å². The topological polar surface area (TPSA) is 49.3 Å². The molecule has 1 rings (SSSR count). The SMILES string of the molecule is C/C(=C\C=C/S)C(Nc1ccc(C(=O)O)cc1)C(F)(F)F. The highest BCUT2D eigenvalue weighted by atomic mass is 32.1. The third-order valence-corrected chi connectivity index (χ3v) is 2.84. The molecule has 0 aliphatic heterocycles. The molecule has 114 valence electrons. The summed E-state index contributed by atoms with van der Waals surface area (Å²) < 4.78 is 39.2. The van der Waals surface area contributed by atoms with Crippen LogP contribution in [0.1, 0.15) is 17.3 Å². The maximum Gasteiger partial charge on any atom is 0.412 e. The second-order valence-electron chi connectivity index (χ2n) is 4.25. The van der Waals surface area contributed by atoms with Gasteiger partial charge in [0.05, 0.1) is 5.56 Å². The number of carboxylic acids is 1. The molecule has 21 heavy (non-hydrogen) atoms. The van der Waals surface area contributed by atoms with Crippen LogP contribution in [-0.2, 0) is 0 Å². The highest BCUT2D eigenvalue weighted by molar-refractivity contribution is 7.83. The number of allylic oxidation sites excluding steroid dienone is 2. The van der Waals surface area contributed by atoms with Gasteiger partial charge in [0, 0.05) is 5.69 Å². The third-order valence-electron chi connectivity index (χ3n) is 2.67. The van der Waals surface area contributed by atoms with Crippen molar-refractivity contribution >= 4 is 24.3 Å². The number of nitrogens with one attached hydrogen (secondary N) is 1. The first-order valence-electron chi connectivity index (χ1n) is 5.90. The average molecular weight is 317 g/mol. The van der Waals surface area contributed by atoms with E-state index in [1.54, 1.807) is 0 Å². The molecule has 3 nitrogen and oxygen atoms in total. The van der Waals surface area contributed by atoms with Gasteiger partial charge in [-0.25, -0.2) is 4.79 Å². The molecule has 0 spiro atoms. The van der Waals surface area contributed by atoms with Crippen molar-refractivity contribution in [3.8, 4) is 0 Å². The predicted octanol–water partition coefficient (Wildman–Crippen LogP) is 4.12. The lowest BCUT2D eigenvalue weighted by atomic mass is 10.1. The summed E-state index contributed by atoms with van der Waals surface area (Å²) in [5, 5.41) is 12.4. The van der Waals surface area contributed by atoms with Gasteiger partial charge in [-0.2, -0.15) is 25.8 Å². The number of rotatable bonds is 5. The Bertz CT molecular complexity index is 550. The molecule has 1 unspecified atom stereocenters. The molecule has 1 aromatic carbocycles. The zero-order valence-electron chi connectivity index (χ0n) is 11.1. The maximum atomic E-state index is 13.1. The van der Waals surface area contributed by atoms with Crippen LogP contribution in [0.4, 0.5) is 18.9 Å². The van der Waals surface area contributed by atoms with Crippen molar-refractivity contribution in [1.29, 1.82) is 0 Å². The van der Waals surface area contributed by atoms with Gasteiger partial charge in [0.25, 0.3) is 0 Å². The van der Waals surface area contributed by atoms with Crippen LogP contribution in [0.5, 0.6) is 0 Å². The van der Waals surface area contributed by atoms with Gasteiger partial charge in [-0.15, -0.1) is 0 Å². The van der Waals surface area contributed by atoms with Crippen LogP contribution in [-0.4, -0.2) is 23.3 Å². The Morgan fingerprint density at radius 2 is 1.90 bits per heavy atom. The van der Waals surface area contributed by atoms with Crippen LogP contribution >= 0.6 is 12.6 Å². The summed E-state index contributed by atoms with van der Waals surface area (Å²) >= 11 is 3.78. The molecule has 0 amide bonds. The predicted molar refractivity (Wildman–Crippen MR) is 78.8 cm³/mol. The first kappa shape index (κ1) is 17.2. The monoisotopic (exact) mass is 317 g/mol. The number of thiol groups is 1. The molecule has 0 saturated heterocycles. The van der Waals surface area contributed by atoms with Gasteiger partial charge >= 0.3 is 12.1 Å². The van der Waals surface area contributed by atoms with Crippen LogP contribution in [0, 0.1) is 0 Å². The van der Waals surface area contributed by atoms with Crippen molar-refractivity contribution in [1.82, 2.24) is 0 Å². The van der Waals surface area contributed by atoms with E-state index in [9.17, 15) is 18.0 Å². The molecule has 0 heterocycles. The number of carboxylic acid groups (broad SMARTS) is 1. The van der Waals surface area contributed by atoms with E-state index in [0.29, 0.717) is 0 Å². The molecule has 7 heteroatoms. The quantitative estimate of drug-likeness (QED) is 0.565. The van der Waals surface area contributed by atoms with Gasteiger partial charge in [-0.1, -0.05) is 12.2 Å². The van der Waals surface area contributed by atoms with E-state index < -0.39 is 18.2 Å². The number of halogens is 3. The fourth-order valence-corrected chi connectivity index (χ4v) is 1.71. The minimum absolute atomic E-state index is 0.00869. The van der Waals surface area contributed by atoms with Gasteiger partial charge in [-0.05, 0) is 42.2 Å². The second-order valence-corrected chi connectivity index (χ2v) is 4.55. The van der Waals surface area contributed by atoms with Gasteiger partial charge in [0.1, 0.15) is 6.04 Å². The van der Waals surface area contributed by atoms with E-state index in [2.05, 4.69) is 17.9 Å². The molecule has 1 aromatic rings. The molecule has 2 N–H and O–H groups in total. The van der Waals surface area contributed by atoms with Crippen molar-refractivity contribution in [3.63, 3.8) is 0 Å². The molecule has 0 aliphatic rings. The highest BCUT2D eigenvalue weighted by Gasteiger charge is 2.40. The van der Waals surface area contributed by atoms with Crippen molar-refractivity contribution in [3.05, 3.63) is 53.0 Å². The lowest BCUT2D eigenvalue weighted by molar-refractivity contribution is -0.134. The maximum absolute atomic E-state index is 13.1. The summed E-state index contributed by atoms with van der Waals surface area (Å²) in [6, 6.07) is 3.21. The standard InChI is InChI=1S/C14H14F3NO2S/c1-9(3-2-8-21)12(14(15,16)17)18-11-6-4-10(5-7-11)13(19)20/h2-8,12,18,21H,1H3,(H,19,20)/b8-2-,9-3+. The first-order chi connectivity index (χ1) is 9.75. The van der Waals surface area contributed by atoms with E-state index in [1.165, 1.54) is 48.7 Å². The molecular formula is C14H14F3NO2S. The van der Waals surface area contributed by atoms with E-state index in [-0.39, 0.29) is 16.8 Å². The number of hydrogen-bond acceptors (Lipinski definition) is 3. The van der Waals surface area contributed by atoms with Crippen LogP contribution in [0.2, 0.25) is 0 Å². The van der Waals surface area contributed by atoms with Crippen molar-refractivity contribution < 1.29 is 23.1 Å². The normalized spacial score (nSPS) is 14.2. The zero-order valence-corrected chi connectivity index (χ0v) is 11.9. The van der Waals surface area contributed by atoms with Crippen molar-refractivity contribution in [2.24, 2.45) is 0 Å². The van der Waals surface area contributed by atoms with Crippen molar-refractivity contribution in [2.75, 3.05) is 5.32 Å². The van der Waals surface area contributed by atoms with E-state index in [4.69, 9.17) is 5.11 Å². The van der Waals surface area contributed by atoms with E-state index in [1.807, 2.05) is 0 Å². The highest BCUT2D eigenvalue weighted by Crippen LogP contribution is 2.28. The number of alkyl halides is 3. The smallest absolute Gasteiger partial charge is 0.412 e. The summed E-state index contributed by atoms with van der Waals surface area (Å²) in [6.07, 6.45) is -1.77. The van der Waals surface area contributed by atoms with Crippen molar-refractivity contribution in [2.45, 2.75) is 19.1 Å². The van der Waals surface area contributed by atoms with Crippen LogP contribution in [0.3, 0.4) is 0 Å². The number of benzene rings is 1. The minimum Gasteiger partial charge on any atom is -0.478 e. The summed E-state index contributed by atoms with van der Waals surface area (Å²) in [7, 11) is 0. The second kappa shape index (κ2) is 7.21. The minimum atomic E-state index is -4.48. The number of carbonyl (C=O) groups is 1. The summed E-state index contributed by atoms with van der Waals surface area (Å²) in [4.78, 5) is 10.7. The summed E-state index contributed by atoms with van der Waals surface area (Å²) in [5.41, 5.74) is 0.259. The zero-order chi connectivity index (χ0) is 16.0. The van der Waals surface area contributed by atoms with Crippen LogP contribution < -0.4 is 5.32 Å². The molecule has 0 bridgehead atoms. The first-order valence-corrected chi connectivity index (χ1v) is 6.41. The molecular weight excluding hydrogens is 303 g/mol. The Balaban J connectivity index is 2.99.